The van der Waals surface area contributed by atoms with Gasteiger partial charge < -0.3 is 25.0 Å². The van der Waals surface area contributed by atoms with Crippen molar-refractivity contribution in [3.63, 3.8) is 0 Å². The van der Waals surface area contributed by atoms with Crippen LogP contribution in [0.2, 0.25) is 5.02 Å². The highest BCUT2D eigenvalue weighted by Crippen LogP contribution is 2.37. The van der Waals surface area contributed by atoms with Crippen molar-refractivity contribution in [2.75, 3.05) is 19.7 Å². The number of nitriles is 1. The Hall–Kier alpha value is -5.73. The van der Waals surface area contributed by atoms with Crippen LogP contribution in [0, 0.1) is 25.2 Å². The van der Waals surface area contributed by atoms with Gasteiger partial charge in [0, 0.05) is 48.2 Å². The van der Waals surface area contributed by atoms with E-state index in [9.17, 15) is 20.3 Å². The van der Waals surface area contributed by atoms with Crippen molar-refractivity contribution < 1.29 is 24.5 Å². The predicted octanol–water partition coefficient (Wildman–Crippen LogP) is 6.99. The van der Waals surface area contributed by atoms with E-state index in [2.05, 4.69) is 89.1 Å². The van der Waals surface area contributed by atoms with Gasteiger partial charge in [-0.25, -0.2) is 0 Å². The molecule has 6 rings (SSSR count). The molecule has 0 bridgehead atoms. The third-order valence-electron chi connectivity index (χ3n) is 9.49. The van der Waals surface area contributed by atoms with Crippen LogP contribution in [0.1, 0.15) is 45.9 Å². The monoisotopic (exact) mass is 729 g/mol. The van der Waals surface area contributed by atoms with Gasteiger partial charge in [-0.05, 0) is 71.8 Å². The fourth-order valence-corrected chi connectivity index (χ4v) is 6.40. The quantitative estimate of drug-likeness (QED) is 0.0949. The SMILES string of the molecule is Cc1c(COc2cc(OCc3cncc(C#N)c3)c(CN[C@@](C)(CO)C(=O)O)cc2Cl)cccc1-c1cccc(-c2ccc(C3=NCCN3)cc2)c1C. The van der Waals surface area contributed by atoms with Crippen molar-refractivity contribution in [3.8, 4) is 39.8 Å². The summed E-state index contributed by atoms with van der Waals surface area (Å²) in [4.78, 5) is 20.5. The van der Waals surface area contributed by atoms with Crippen LogP contribution in [0.25, 0.3) is 22.3 Å². The average Bonchev–Trinajstić information content (AvgIpc) is 3.72. The van der Waals surface area contributed by atoms with Gasteiger partial charge in [-0.3, -0.25) is 20.1 Å². The molecule has 0 aliphatic carbocycles. The molecule has 0 saturated heterocycles. The molecular weight excluding hydrogens is 690 g/mol. The van der Waals surface area contributed by atoms with Gasteiger partial charge in [-0.15, -0.1) is 0 Å². The molecule has 10 nitrogen and oxygen atoms in total. The summed E-state index contributed by atoms with van der Waals surface area (Å²) in [6.07, 6.45) is 3.07. The molecule has 5 aromatic rings. The van der Waals surface area contributed by atoms with Gasteiger partial charge in [0.15, 0.2) is 0 Å². The summed E-state index contributed by atoms with van der Waals surface area (Å²) in [7, 11) is 0. The normalized spacial score (nSPS) is 13.4. The molecule has 270 valence electrons. The summed E-state index contributed by atoms with van der Waals surface area (Å²) < 4.78 is 12.5. The smallest absolute Gasteiger partial charge is 0.326 e. The fraction of sp³-hybridized carbons (Fsp3) is 0.238. The maximum Gasteiger partial charge on any atom is 0.326 e. The van der Waals surface area contributed by atoms with Crippen molar-refractivity contribution in [1.29, 1.82) is 5.26 Å². The number of ether oxygens (including phenoxy) is 2. The minimum absolute atomic E-state index is 0.0331. The first kappa shape index (κ1) is 37.0. The molecule has 53 heavy (non-hydrogen) atoms. The van der Waals surface area contributed by atoms with Gasteiger partial charge in [0.1, 0.15) is 42.2 Å². The maximum absolute atomic E-state index is 11.8. The number of nitrogens with zero attached hydrogens (tertiary/aromatic N) is 3. The number of carbonyl (C=O) groups is 1. The first-order valence-corrected chi connectivity index (χ1v) is 17.6. The van der Waals surface area contributed by atoms with Crippen molar-refractivity contribution in [3.05, 3.63) is 135 Å². The van der Waals surface area contributed by atoms with E-state index >= 15 is 0 Å². The Kier molecular flexibility index (Phi) is 11.4. The number of halogens is 1. The van der Waals surface area contributed by atoms with Crippen molar-refractivity contribution in [1.82, 2.24) is 15.6 Å². The largest absolute Gasteiger partial charge is 0.488 e. The summed E-state index contributed by atoms with van der Waals surface area (Å²) >= 11 is 6.75. The van der Waals surface area contributed by atoms with Crippen LogP contribution in [0.15, 0.2) is 96.2 Å². The molecule has 1 aliphatic heterocycles. The number of amidine groups is 1. The van der Waals surface area contributed by atoms with Crippen molar-refractivity contribution in [2.45, 2.75) is 46.1 Å². The molecule has 1 aromatic heterocycles. The van der Waals surface area contributed by atoms with Gasteiger partial charge >= 0.3 is 5.97 Å². The zero-order valence-electron chi connectivity index (χ0n) is 29.7. The van der Waals surface area contributed by atoms with Crippen molar-refractivity contribution >= 4 is 23.4 Å². The number of aliphatic imine (C=N–C) groups is 1. The third-order valence-corrected chi connectivity index (χ3v) is 9.78. The van der Waals surface area contributed by atoms with E-state index in [0.717, 1.165) is 57.9 Å². The Bertz CT molecular complexity index is 2220. The highest BCUT2D eigenvalue weighted by Gasteiger charge is 2.32. The molecular formula is C42H40ClN5O5. The molecule has 1 aliphatic rings. The maximum atomic E-state index is 11.8. The third kappa shape index (κ3) is 8.34. The second-order valence-corrected chi connectivity index (χ2v) is 13.5. The van der Waals surface area contributed by atoms with Crippen LogP contribution >= 0.6 is 11.6 Å². The van der Waals surface area contributed by atoms with E-state index in [1.807, 2.05) is 12.1 Å². The number of hydrogen-bond acceptors (Lipinski definition) is 9. The molecule has 0 fully saturated rings. The summed E-state index contributed by atoms with van der Waals surface area (Å²) in [6.45, 7) is 7.02. The lowest BCUT2D eigenvalue weighted by molar-refractivity contribution is -0.145. The molecule has 0 amide bonds. The number of hydrogen-bond donors (Lipinski definition) is 4. The first-order valence-electron chi connectivity index (χ1n) is 17.2. The highest BCUT2D eigenvalue weighted by atomic mass is 35.5. The second-order valence-electron chi connectivity index (χ2n) is 13.1. The average molecular weight is 730 g/mol. The molecule has 0 radical (unpaired) electrons. The summed E-state index contributed by atoms with van der Waals surface area (Å²) in [6, 6.07) is 28.1. The zero-order chi connectivity index (χ0) is 37.5. The number of rotatable bonds is 14. The molecule has 4 N–H and O–H groups in total. The molecule has 4 aromatic carbocycles. The number of pyridine rings is 1. The Morgan fingerprint density at radius 3 is 2.32 bits per heavy atom. The number of aliphatic carboxylic acids is 1. The number of carboxylic acid groups (broad SMARTS) is 1. The van der Waals surface area contributed by atoms with Crippen LogP contribution in [0.4, 0.5) is 0 Å². The van der Waals surface area contributed by atoms with Gasteiger partial charge in [0.2, 0.25) is 0 Å². The van der Waals surface area contributed by atoms with E-state index in [1.54, 1.807) is 24.4 Å². The second kappa shape index (κ2) is 16.3. The topological polar surface area (TPSA) is 149 Å². The van der Waals surface area contributed by atoms with E-state index < -0.39 is 18.1 Å². The summed E-state index contributed by atoms with van der Waals surface area (Å²) in [5, 5.41) is 35.2. The van der Waals surface area contributed by atoms with Gasteiger partial charge in [-0.2, -0.15) is 5.26 Å². The minimum atomic E-state index is -1.59. The summed E-state index contributed by atoms with van der Waals surface area (Å²) in [5.41, 5.74) is 8.86. The number of benzene rings is 4. The number of aliphatic hydroxyl groups is 1. The Balaban J connectivity index is 1.24. The minimum Gasteiger partial charge on any atom is -0.488 e. The lowest BCUT2D eigenvalue weighted by Crippen LogP contribution is -2.52. The van der Waals surface area contributed by atoms with Crippen LogP contribution in [-0.4, -0.2) is 52.2 Å². The van der Waals surface area contributed by atoms with Crippen LogP contribution in [-0.2, 0) is 24.6 Å². The molecule has 0 spiro atoms. The number of nitrogens with one attached hydrogen (secondary N) is 2. The van der Waals surface area contributed by atoms with E-state index in [0.29, 0.717) is 33.2 Å². The van der Waals surface area contributed by atoms with Crippen LogP contribution in [0.3, 0.4) is 0 Å². The van der Waals surface area contributed by atoms with Crippen molar-refractivity contribution in [2.24, 2.45) is 4.99 Å². The molecule has 0 saturated carbocycles. The predicted molar refractivity (Wildman–Crippen MR) is 205 cm³/mol. The van der Waals surface area contributed by atoms with Gasteiger partial charge in [-0.1, -0.05) is 72.3 Å². The Morgan fingerprint density at radius 1 is 0.925 bits per heavy atom. The summed E-state index contributed by atoms with van der Waals surface area (Å²) in [5.74, 6) is 0.510. The number of aromatic nitrogens is 1. The Morgan fingerprint density at radius 2 is 1.62 bits per heavy atom. The Labute approximate surface area is 313 Å². The zero-order valence-corrected chi connectivity index (χ0v) is 30.5. The van der Waals surface area contributed by atoms with Gasteiger partial charge in [0.25, 0.3) is 0 Å². The van der Waals surface area contributed by atoms with E-state index in [4.69, 9.17) is 21.1 Å². The lowest BCUT2D eigenvalue weighted by Gasteiger charge is -2.25. The first-order chi connectivity index (χ1) is 25.6. The highest BCUT2D eigenvalue weighted by molar-refractivity contribution is 6.32. The lowest BCUT2D eigenvalue weighted by atomic mass is 9.89. The van der Waals surface area contributed by atoms with Crippen LogP contribution in [0.5, 0.6) is 11.5 Å². The molecule has 2 heterocycles. The van der Waals surface area contributed by atoms with Gasteiger partial charge in [0.05, 0.1) is 23.7 Å². The van der Waals surface area contributed by atoms with E-state index in [1.165, 1.54) is 18.7 Å². The molecule has 1 atom stereocenters. The standard InChI is InChI=1S/C42H40ClN5O5/c1-26-32(6-4-8-35(26)36-9-5-7-34(27(36)2)30-10-12-31(13-11-30)40-46-14-15-47-40)24-53-39-18-38(52-23-29-16-28(19-44)20-45-21-29)33(17-37(39)43)22-48-42(3,25-49)41(50)51/h4-13,16-18,20-21,48-49H,14-15,22-25H2,1-3H3,(H,46,47)(H,50,51)/t42-/m0/s1. The molecule has 0 unspecified atom stereocenters. The molecule has 11 heteroatoms. The van der Waals surface area contributed by atoms with Crippen LogP contribution < -0.4 is 20.1 Å². The number of aliphatic hydroxyl groups excluding tert-OH is 1. The number of carboxylic acids is 1. The van der Waals surface area contributed by atoms with E-state index in [-0.39, 0.29) is 19.8 Å². The fourth-order valence-electron chi connectivity index (χ4n) is 6.16.